The van der Waals surface area contributed by atoms with Crippen molar-refractivity contribution in [2.24, 2.45) is 0 Å². The van der Waals surface area contributed by atoms with E-state index in [1.165, 1.54) is 10.4 Å². The number of amides is 1. The molecule has 1 atom stereocenters. The Morgan fingerprint density at radius 2 is 1.85 bits per heavy atom. The van der Waals surface area contributed by atoms with Crippen molar-refractivity contribution in [2.75, 3.05) is 18.5 Å². The third-order valence-electron chi connectivity index (χ3n) is 7.06. The number of fused-ring (bicyclic) bond motifs is 3. The molecular formula is C31H28ClN3O4S. The van der Waals surface area contributed by atoms with Crippen LogP contribution in [0.3, 0.4) is 0 Å². The molecular weight excluding hydrogens is 546 g/mol. The van der Waals surface area contributed by atoms with E-state index >= 15 is 0 Å². The minimum atomic E-state index is -0.571. The Hall–Kier alpha value is -3.85. The molecule has 2 aliphatic rings. The number of rotatable bonds is 7. The number of hydrogen-bond donors (Lipinski definition) is 2. The van der Waals surface area contributed by atoms with Crippen molar-refractivity contribution in [3.05, 3.63) is 111 Å². The van der Waals surface area contributed by atoms with Crippen molar-refractivity contribution < 1.29 is 19.1 Å². The molecule has 2 N–H and O–H groups in total. The quantitative estimate of drug-likeness (QED) is 0.196. The maximum absolute atomic E-state index is 13.3. The molecule has 1 aromatic heterocycles. The van der Waals surface area contributed by atoms with Gasteiger partial charge in [-0.25, -0.2) is 4.79 Å². The smallest absolute Gasteiger partial charge is 0.345 e. The van der Waals surface area contributed by atoms with Crippen LogP contribution in [0.2, 0.25) is 5.02 Å². The molecule has 1 amide bonds. The lowest BCUT2D eigenvalue weighted by Gasteiger charge is -2.29. The third kappa shape index (κ3) is 5.30. The molecule has 40 heavy (non-hydrogen) atoms. The summed E-state index contributed by atoms with van der Waals surface area (Å²) in [5.74, 6) is 0.0335. The van der Waals surface area contributed by atoms with Crippen LogP contribution < -0.4 is 20.1 Å². The number of benzene rings is 3. The highest BCUT2D eigenvalue weighted by Crippen LogP contribution is 2.42. The van der Waals surface area contributed by atoms with Gasteiger partial charge >= 0.3 is 5.97 Å². The van der Waals surface area contributed by atoms with Gasteiger partial charge in [0, 0.05) is 24.5 Å². The molecule has 9 heteroatoms. The molecule has 0 saturated heterocycles. The number of ether oxygens (including phenoxy) is 2. The van der Waals surface area contributed by atoms with Gasteiger partial charge in [-0.15, -0.1) is 11.3 Å². The summed E-state index contributed by atoms with van der Waals surface area (Å²) >= 11 is 7.82. The van der Waals surface area contributed by atoms with Gasteiger partial charge in [-0.2, -0.15) is 0 Å². The largest absolute Gasteiger partial charge is 0.490 e. The fourth-order valence-corrected chi connectivity index (χ4v) is 6.68. The second kappa shape index (κ2) is 11.3. The van der Waals surface area contributed by atoms with Gasteiger partial charge in [0.15, 0.2) is 11.5 Å². The van der Waals surface area contributed by atoms with Crippen molar-refractivity contribution in [3.63, 3.8) is 0 Å². The predicted octanol–water partition coefficient (Wildman–Crippen LogP) is 6.43. The van der Waals surface area contributed by atoms with Crippen LogP contribution in [0.5, 0.6) is 11.5 Å². The highest BCUT2D eigenvalue weighted by atomic mass is 35.5. The average Bonchev–Trinajstić information content (AvgIpc) is 3.33. The van der Waals surface area contributed by atoms with E-state index < -0.39 is 12.1 Å². The molecule has 204 valence electrons. The van der Waals surface area contributed by atoms with E-state index in [0.29, 0.717) is 17.4 Å². The van der Waals surface area contributed by atoms with Crippen molar-refractivity contribution >= 4 is 39.8 Å². The number of nitrogens with zero attached hydrogens (tertiary/aromatic N) is 1. The van der Waals surface area contributed by atoms with Gasteiger partial charge in [-0.3, -0.25) is 9.69 Å². The SMILES string of the molecule is CCOc1cc([C@@H]2NC(=O)c3c(sc4c3CCN(Cc3ccccc3)C4)N2)ccc1OC(=O)c1ccccc1Cl. The van der Waals surface area contributed by atoms with Crippen LogP contribution in [-0.4, -0.2) is 29.9 Å². The minimum Gasteiger partial charge on any atom is -0.490 e. The van der Waals surface area contributed by atoms with E-state index in [1.54, 1.807) is 47.7 Å². The molecule has 6 rings (SSSR count). The van der Waals surface area contributed by atoms with Crippen molar-refractivity contribution in [2.45, 2.75) is 32.6 Å². The summed E-state index contributed by atoms with van der Waals surface area (Å²) < 4.78 is 11.4. The lowest BCUT2D eigenvalue weighted by Crippen LogP contribution is -2.38. The van der Waals surface area contributed by atoms with Gasteiger partial charge in [-0.05, 0) is 54.3 Å². The first-order valence-corrected chi connectivity index (χ1v) is 14.4. The standard InChI is InChI=1S/C31H28ClN3O4S/c1-2-38-25-16-20(12-13-24(25)39-31(37)21-10-6-7-11-23(21)32)28-33-29(36)27-22-14-15-35(17-19-8-4-3-5-9-19)18-26(22)40-30(27)34-28/h3-13,16,28,34H,2,14-15,17-18H2,1H3,(H,33,36)/t28-/m1/s1. The number of carbonyl (C=O) groups is 2. The molecule has 0 fully saturated rings. The van der Waals surface area contributed by atoms with Crippen LogP contribution in [-0.2, 0) is 19.5 Å². The zero-order chi connectivity index (χ0) is 27.6. The van der Waals surface area contributed by atoms with Crippen LogP contribution in [0.15, 0.2) is 72.8 Å². The third-order valence-corrected chi connectivity index (χ3v) is 8.54. The normalized spacial score (nSPS) is 16.4. The number of thiophene rings is 1. The molecule has 0 spiro atoms. The fraction of sp³-hybridized carbons (Fsp3) is 0.226. The van der Waals surface area contributed by atoms with Gasteiger partial charge in [0.25, 0.3) is 5.91 Å². The van der Waals surface area contributed by atoms with Crippen molar-refractivity contribution in [1.82, 2.24) is 10.2 Å². The number of carbonyl (C=O) groups excluding carboxylic acids is 2. The molecule has 7 nitrogen and oxygen atoms in total. The lowest BCUT2D eigenvalue weighted by molar-refractivity contribution is 0.0728. The molecule has 0 saturated carbocycles. The molecule has 4 aromatic rings. The van der Waals surface area contributed by atoms with E-state index in [9.17, 15) is 9.59 Å². The van der Waals surface area contributed by atoms with Crippen molar-refractivity contribution in [3.8, 4) is 11.5 Å². The topological polar surface area (TPSA) is 79.9 Å². The highest BCUT2D eigenvalue weighted by Gasteiger charge is 2.33. The van der Waals surface area contributed by atoms with Gasteiger partial charge < -0.3 is 20.1 Å². The number of hydrogen-bond acceptors (Lipinski definition) is 7. The van der Waals surface area contributed by atoms with Gasteiger partial charge in [0.2, 0.25) is 0 Å². The number of halogens is 1. The fourth-order valence-electron chi connectivity index (χ4n) is 5.15. The second-order valence-electron chi connectivity index (χ2n) is 9.71. The van der Waals surface area contributed by atoms with Gasteiger partial charge in [-0.1, -0.05) is 60.1 Å². The van der Waals surface area contributed by atoms with Crippen LogP contribution in [0.25, 0.3) is 0 Å². The summed E-state index contributed by atoms with van der Waals surface area (Å²) in [4.78, 5) is 29.7. The summed E-state index contributed by atoms with van der Waals surface area (Å²) in [7, 11) is 0. The molecule has 2 aliphatic heterocycles. The Morgan fingerprint density at radius 1 is 1.05 bits per heavy atom. The zero-order valence-electron chi connectivity index (χ0n) is 21.9. The van der Waals surface area contributed by atoms with E-state index in [2.05, 4.69) is 39.8 Å². The summed E-state index contributed by atoms with van der Waals surface area (Å²) in [5, 5.41) is 7.81. The van der Waals surface area contributed by atoms with Crippen molar-refractivity contribution in [1.29, 1.82) is 0 Å². The molecule has 0 bridgehead atoms. The minimum absolute atomic E-state index is 0.0834. The van der Waals surface area contributed by atoms with E-state index in [4.69, 9.17) is 21.1 Å². The van der Waals surface area contributed by atoms with Crippen LogP contribution >= 0.6 is 22.9 Å². The maximum Gasteiger partial charge on any atom is 0.345 e. The summed E-state index contributed by atoms with van der Waals surface area (Å²) in [5.41, 5.74) is 4.25. The first-order valence-electron chi connectivity index (χ1n) is 13.2. The summed E-state index contributed by atoms with van der Waals surface area (Å²) in [6.07, 6.45) is 0.390. The van der Waals surface area contributed by atoms with Crippen LogP contribution in [0.1, 0.15) is 55.4 Å². The predicted molar refractivity (Wildman–Crippen MR) is 156 cm³/mol. The summed E-state index contributed by atoms with van der Waals surface area (Å²) in [6, 6.07) is 22.5. The lowest BCUT2D eigenvalue weighted by atomic mass is 10.00. The Labute approximate surface area is 241 Å². The number of anilines is 1. The number of nitrogens with one attached hydrogen (secondary N) is 2. The molecule has 0 unspecified atom stereocenters. The maximum atomic E-state index is 13.3. The molecule has 3 heterocycles. The Morgan fingerprint density at radius 3 is 2.65 bits per heavy atom. The monoisotopic (exact) mass is 573 g/mol. The van der Waals surface area contributed by atoms with E-state index in [0.717, 1.165) is 47.7 Å². The molecule has 3 aromatic carbocycles. The first-order chi connectivity index (χ1) is 19.5. The van der Waals surface area contributed by atoms with Gasteiger partial charge in [0.05, 0.1) is 22.8 Å². The highest BCUT2D eigenvalue weighted by molar-refractivity contribution is 7.16. The average molecular weight is 574 g/mol. The van der Waals surface area contributed by atoms with Gasteiger partial charge in [0.1, 0.15) is 11.2 Å². The Balaban J connectivity index is 1.21. The van der Waals surface area contributed by atoms with E-state index in [-0.39, 0.29) is 17.2 Å². The van der Waals surface area contributed by atoms with Crippen LogP contribution in [0, 0.1) is 0 Å². The molecule has 0 radical (unpaired) electrons. The number of esters is 1. The summed E-state index contributed by atoms with van der Waals surface area (Å²) in [6.45, 7) is 4.86. The Bertz CT molecular complexity index is 1570. The van der Waals surface area contributed by atoms with Crippen LogP contribution in [0.4, 0.5) is 5.00 Å². The second-order valence-corrected chi connectivity index (χ2v) is 11.2. The first kappa shape index (κ1) is 26.4. The molecule has 0 aliphatic carbocycles. The zero-order valence-corrected chi connectivity index (χ0v) is 23.5. The Kier molecular flexibility index (Phi) is 7.47. The van der Waals surface area contributed by atoms with E-state index in [1.807, 2.05) is 19.1 Å².